The molecule has 4 rings (SSSR count). The lowest BCUT2D eigenvalue weighted by molar-refractivity contribution is -0.117. The minimum absolute atomic E-state index is 0.0890. The van der Waals surface area contributed by atoms with Crippen molar-refractivity contribution in [2.75, 3.05) is 11.5 Å². The van der Waals surface area contributed by atoms with Crippen LogP contribution in [0, 0.1) is 5.82 Å². The molecule has 0 saturated heterocycles. The Morgan fingerprint density at radius 3 is 2.80 bits per heavy atom. The van der Waals surface area contributed by atoms with Gasteiger partial charge in [0.1, 0.15) is 11.6 Å². The number of carbonyl (C=O) groups is 2. The standard InChI is InChI=1S/C22H20FN3O4/c1-3-8-30-14-5-6-15(16(23)10-14)20-19(12(2)27)21(28)22(29)26(20)13-4-7-17-18(9-13)25-11-24-17/h4-7,9-11,20,28H,3,8H2,1-2H3,(H,24,25). The number of nitrogens with zero attached hydrogens (tertiary/aromatic N) is 2. The summed E-state index contributed by atoms with van der Waals surface area (Å²) >= 11 is 0. The molecule has 2 N–H and O–H groups in total. The van der Waals surface area contributed by atoms with Gasteiger partial charge in [-0.2, -0.15) is 0 Å². The number of aromatic nitrogens is 2. The summed E-state index contributed by atoms with van der Waals surface area (Å²) < 4.78 is 20.5. The van der Waals surface area contributed by atoms with Gasteiger partial charge in [0.25, 0.3) is 5.91 Å². The number of ether oxygens (including phenoxy) is 1. The molecule has 0 saturated carbocycles. The van der Waals surface area contributed by atoms with Crippen LogP contribution in [0.3, 0.4) is 0 Å². The summed E-state index contributed by atoms with van der Waals surface area (Å²) in [6, 6.07) is 8.19. The van der Waals surface area contributed by atoms with Crippen LogP contribution in [-0.4, -0.2) is 33.4 Å². The molecule has 2 heterocycles. The van der Waals surface area contributed by atoms with Crippen LogP contribution in [0.4, 0.5) is 10.1 Å². The number of hydrogen-bond donors (Lipinski definition) is 2. The Morgan fingerprint density at radius 2 is 2.10 bits per heavy atom. The maximum atomic E-state index is 15.1. The third kappa shape index (κ3) is 3.20. The fourth-order valence-corrected chi connectivity index (χ4v) is 3.64. The Kier molecular flexibility index (Phi) is 4.99. The van der Waals surface area contributed by atoms with E-state index >= 15 is 4.39 Å². The molecular weight excluding hydrogens is 389 g/mol. The highest BCUT2D eigenvalue weighted by atomic mass is 19.1. The highest BCUT2D eigenvalue weighted by molar-refractivity contribution is 6.16. The molecule has 1 unspecified atom stereocenters. The van der Waals surface area contributed by atoms with Gasteiger partial charge < -0.3 is 14.8 Å². The quantitative estimate of drug-likeness (QED) is 0.642. The number of nitrogens with one attached hydrogen (secondary N) is 1. The number of amides is 1. The van der Waals surface area contributed by atoms with E-state index in [-0.39, 0.29) is 11.1 Å². The van der Waals surface area contributed by atoms with E-state index in [2.05, 4.69) is 9.97 Å². The minimum atomic E-state index is -1.10. The Balaban J connectivity index is 1.83. The van der Waals surface area contributed by atoms with Gasteiger partial charge in [0.2, 0.25) is 0 Å². The monoisotopic (exact) mass is 409 g/mol. The fraction of sp³-hybridized carbons (Fsp3) is 0.227. The summed E-state index contributed by atoms with van der Waals surface area (Å²) in [6.45, 7) is 3.62. The first-order valence-corrected chi connectivity index (χ1v) is 9.55. The van der Waals surface area contributed by atoms with Crippen molar-refractivity contribution >= 4 is 28.4 Å². The second kappa shape index (κ2) is 7.62. The maximum absolute atomic E-state index is 15.1. The average molecular weight is 409 g/mol. The number of benzene rings is 2. The summed E-state index contributed by atoms with van der Waals surface area (Å²) in [5.74, 6) is -2.24. The molecule has 8 heteroatoms. The molecule has 0 radical (unpaired) electrons. The summed E-state index contributed by atoms with van der Waals surface area (Å²) in [6.07, 6.45) is 2.29. The number of hydrogen-bond acceptors (Lipinski definition) is 5. The Labute approximate surface area is 171 Å². The molecule has 1 aromatic heterocycles. The van der Waals surface area contributed by atoms with Crippen molar-refractivity contribution in [1.29, 1.82) is 0 Å². The Hall–Kier alpha value is -3.68. The normalized spacial score (nSPS) is 16.6. The van der Waals surface area contributed by atoms with Gasteiger partial charge in [-0.05, 0) is 43.7 Å². The largest absolute Gasteiger partial charge is 0.503 e. The number of aromatic amines is 1. The molecule has 1 atom stereocenters. The van der Waals surface area contributed by atoms with Crippen molar-refractivity contribution in [1.82, 2.24) is 9.97 Å². The summed E-state index contributed by atoms with van der Waals surface area (Å²) in [5.41, 5.74) is 1.69. The molecule has 0 aliphatic carbocycles. The summed E-state index contributed by atoms with van der Waals surface area (Å²) in [7, 11) is 0. The number of aliphatic hydroxyl groups is 1. The van der Waals surface area contributed by atoms with Crippen LogP contribution in [0.25, 0.3) is 11.0 Å². The average Bonchev–Trinajstić information content (AvgIpc) is 3.28. The second-order valence-electron chi connectivity index (χ2n) is 7.03. The van der Waals surface area contributed by atoms with Gasteiger partial charge >= 0.3 is 0 Å². The van der Waals surface area contributed by atoms with Crippen LogP contribution >= 0.6 is 0 Å². The number of anilines is 1. The SMILES string of the molecule is CCCOc1ccc(C2C(C(C)=O)=C(O)C(=O)N2c2ccc3nc[nH]c3c2)c(F)c1. The molecule has 0 fully saturated rings. The smallest absolute Gasteiger partial charge is 0.294 e. The van der Waals surface area contributed by atoms with E-state index in [0.717, 1.165) is 6.42 Å². The Bertz CT molecular complexity index is 1180. The van der Waals surface area contributed by atoms with Crippen LogP contribution in [0.15, 0.2) is 54.1 Å². The van der Waals surface area contributed by atoms with E-state index in [0.29, 0.717) is 29.1 Å². The van der Waals surface area contributed by atoms with Crippen LogP contribution in [0.5, 0.6) is 5.75 Å². The van der Waals surface area contributed by atoms with Gasteiger partial charge in [-0.1, -0.05) is 6.92 Å². The lowest BCUT2D eigenvalue weighted by Gasteiger charge is -2.27. The number of imidazole rings is 1. The molecular formula is C22H20FN3O4. The zero-order chi connectivity index (χ0) is 21.4. The van der Waals surface area contributed by atoms with Gasteiger partial charge in [0.05, 0.1) is 35.6 Å². The van der Waals surface area contributed by atoms with E-state index in [4.69, 9.17) is 4.74 Å². The number of carbonyl (C=O) groups excluding carboxylic acids is 2. The van der Waals surface area contributed by atoms with Crippen molar-refractivity contribution in [2.24, 2.45) is 0 Å². The number of H-pyrrole nitrogens is 1. The van der Waals surface area contributed by atoms with E-state index in [1.165, 1.54) is 30.3 Å². The number of Topliss-reactive ketones (excluding diaryl/α,β-unsaturated/α-hetero) is 1. The molecule has 1 aliphatic heterocycles. The van der Waals surface area contributed by atoms with Gasteiger partial charge in [0.15, 0.2) is 11.5 Å². The molecule has 2 aromatic carbocycles. The number of fused-ring (bicyclic) bond motifs is 1. The lowest BCUT2D eigenvalue weighted by atomic mass is 9.95. The van der Waals surface area contributed by atoms with E-state index in [9.17, 15) is 14.7 Å². The van der Waals surface area contributed by atoms with Crippen molar-refractivity contribution in [3.05, 3.63) is 65.4 Å². The Morgan fingerprint density at radius 1 is 1.30 bits per heavy atom. The zero-order valence-electron chi connectivity index (χ0n) is 16.5. The number of halogens is 1. The molecule has 3 aromatic rings. The van der Waals surface area contributed by atoms with Gasteiger partial charge in [-0.15, -0.1) is 0 Å². The van der Waals surface area contributed by atoms with E-state index < -0.39 is 29.3 Å². The van der Waals surface area contributed by atoms with Crippen LogP contribution in [0.2, 0.25) is 0 Å². The van der Waals surface area contributed by atoms with E-state index in [1.54, 1.807) is 24.3 Å². The lowest BCUT2D eigenvalue weighted by Crippen LogP contribution is -2.31. The first-order chi connectivity index (χ1) is 14.4. The topological polar surface area (TPSA) is 95.5 Å². The van der Waals surface area contributed by atoms with Crippen LogP contribution in [0.1, 0.15) is 31.9 Å². The van der Waals surface area contributed by atoms with Crippen molar-refractivity contribution < 1.29 is 23.8 Å². The minimum Gasteiger partial charge on any atom is -0.503 e. The predicted molar refractivity (Wildman–Crippen MR) is 109 cm³/mol. The first-order valence-electron chi connectivity index (χ1n) is 9.55. The molecule has 0 spiro atoms. The fourth-order valence-electron chi connectivity index (χ4n) is 3.64. The third-order valence-corrected chi connectivity index (χ3v) is 5.01. The molecule has 154 valence electrons. The van der Waals surface area contributed by atoms with Crippen molar-refractivity contribution in [2.45, 2.75) is 26.3 Å². The number of ketones is 1. The molecule has 0 bridgehead atoms. The molecule has 1 aliphatic rings. The van der Waals surface area contributed by atoms with Crippen LogP contribution < -0.4 is 9.64 Å². The van der Waals surface area contributed by atoms with E-state index in [1.807, 2.05) is 6.92 Å². The van der Waals surface area contributed by atoms with Crippen molar-refractivity contribution in [3.63, 3.8) is 0 Å². The third-order valence-electron chi connectivity index (χ3n) is 5.01. The summed E-state index contributed by atoms with van der Waals surface area (Å²) in [5, 5.41) is 10.4. The zero-order valence-corrected chi connectivity index (χ0v) is 16.5. The number of rotatable bonds is 6. The first kappa shape index (κ1) is 19.6. The highest BCUT2D eigenvalue weighted by Crippen LogP contribution is 2.42. The molecule has 30 heavy (non-hydrogen) atoms. The van der Waals surface area contributed by atoms with Gasteiger partial charge in [-0.3, -0.25) is 14.5 Å². The maximum Gasteiger partial charge on any atom is 0.294 e. The highest BCUT2D eigenvalue weighted by Gasteiger charge is 2.44. The molecule has 7 nitrogen and oxygen atoms in total. The van der Waals surface area contributed by atoms with Crippen molar-refractivity contribution in [3.8, 4) is 5.75 Å². The second-order valence-corrected chi connectivity index (χ2v) is 7.03. The van der Waals surface area contributed by atoms with Gasteiger partial charge in [-0.25, -0.2) is 9.37 Å². The number of aliphatic hydroxyl groups excluding tert-OH is 1. The predicted octanol–water partition coefficient (Wildman–Crippen LogP) is 3.98. The molecule has 1 amide bonds. The summed E-state index contributed by atoms with van der Waals surface area (Å²) in [4.78, 5) is 33.5. The van der Waals surface area contributed by atoms with Crippen LogP contribution in [-0.2, 0) is 9.59 Å². The van der Waals surface area contributed by atoms with Gasteiger partial charge in [0, 0.05) is 17.3 Å².